The van der Waals surface area contributed by atoms with Gasteiger partial charge in [0.1, 0.15) is 0 Å². The summed E-state index contributed by atoms with van der Waals surface area (Å²) < 4.78 is 0. The van der Waals surface area contributed by atoms with E-state index in [1.165, 1.54) is 0 Å². The molecule has 0 saturated heterocycles. The Hall–Kier alpha value is -0.610. The SMILES string of the molecule is CC(=O)O.CNCCN. The molecule has 0 saturated carbocycles. The highest BCUT2D eigenvalue weighted by atomic mass is 16.4. The molecule has 56 valence electrons. The van der Waals surface area contributed by atoms with Crippen molar-refractivity contribution < 1.29 is 9.90 Å². The van der Waals surface area contributed by atoms with Crippen molar-refractivity contribution in [2.24, 2.45) is 5.73 Å². The molecule has 0 heterocycles. The van der Waals surface area contributed by atoms with Gasteiger partial charge in [0.15, 0.2) is 0 Å². The van der Waals surface area contributed by atoms with Gasteiger partial charge in [-0.3, -0.25) is 4.79 Å². The minimum absolute atomic E-state index is 0.733. The van der Waals surface area contributed by atoms with Gasteiger partial charge in [0.25, 0.3) is 5.97 Å². The molecule has 0 bridgehead atoms. The van der Waals surface area contributed by atoms with E-state index in [0.717, 1.165) is 20.0 Å². The predicted molar refractivity (Wildman–Crippen MR) is 36.3 cm³/mol. The Labute approximate surface area is 55.1 Å². The van der Waals surface area contributed by atoms with Gasteiger partial charge in [-0.2, -0.15) is 0 Å². The molecular formula is C5H14N2O2. The van der Waals surface area contributed by atoms with Crippen molar-refractivity contribution in [2.45, 2.75) is 6.92 Å². The van der Waals surface area contributed by atoms with Crippen LogP contribution in [0.15, 0.2) is 0 Å². The van der Waals surface area contributed by atoms with Crippen LogP contribution in [0.1, 0.15) is 6.92 Å². The molecule has 0 aliphatic heterocycles. The molecule has 4 N–H and O–H groups in total. The van der Waals surface area contributed by atoms with Gasteiger partial charge < -0.3 is 16.2 Å². The molecule has 0 atom stereocenters. The van der Waals surface area contributed by atoms with Crippen LogP contribution in [0.3, 0.4) is 0 Å². The van der Waals surface area contributed by atoms with Crippen molar-refractivity contribution in [2.75, 3.05) is 20.1 Å². The summed E-state index contributed by atoms with van der Waals surface area (Å²) in [6, 6.07) is 0. The van der Waals surface area contributed by atoms with Crippen LogP contribution in [0.5, 0.6) is 0 Å². The van der Waals surface area contributed by atoms with E-state index in [9.17, 15) is 0 Å². The predicted octanol–water partition coefficient (Wildman–Crippen LogP) is -0.745. The average molecular weight is 134 g/mol. The molecule has 0 radical (unpaired) electrons. The van der Waals surface area contributed by atoms with Gasteiger partial charge in [0.2, 0.25) is 0 Å². The van der Waals surface area contributed by atoms with Crippen LogP contribution in [0.25, 0.3) is 0 Å². The van der Waals surface area contributed by atoms with Crippen LogP contribution in [-0.2, 0) is 4.79 Å². The smallest absolute Gasteiger partial charge is 0.300 e. The van der Waals surface area contributed by atoms with Crippen LogP contribution >= 0.6 is 0 Å². The summed E-state index contributed by atoms with van der Waals surface area (Å²) in [5.41, 5.74) is 5.08. The second-order valence-electron chi connectivity index (χ2n) is 1.41. The largest absolute Gasteiger partial charge is 0.481 e. The highest BCUT2D eigenvalue weighted by Gasteiger charge is 1.65. The number of nitrogens with two attached hydrogens (primary N) is 1. The van der Waals surface area contributed by atoms with Crippen molar-refractivity contribution in [3.63, 3.8) is 0 Å². The first kappa shape index (κ1) is 11.2. The molecule has 0 unspecified atom stereocenters. The Bertz CT molecular complexity index is 60.0. The van der Waals surface area contributed by atoms with Gasteiger partial charge in [-0.25, -0.2) is 0 Å². The first-order chi connectivity index (χ1) is 4.15. The summed E-state index contributed by atoms with van der Waals surface area (Å²) in [5.74, 6) is -0.833. The number of aliphatic carboxylic acids is 1. The summed E-state index contributed by atoms with van der Waals surface area (Å²) in [5, 5.41) is 10.3. The second-order valence-corrected chi connectivity index (χ2v) is 1.41. The van der Waals surface area contributed by atoms with Gasteiger partial charge in [-0.05, 0) is 7.05 Å². The number of likely N-dealkylation sites (N-methyl/N-ethyl adjacent to an activating group) is 1. The van der Waals surface area contributed by atoms with Crippen LogP contribution in [0, 0.1) is 0 Å². The number of nitrogens with one attached hydrogen (secondary N) is 1. The van der Waals surface area contributed by atoms with Gasteiger partial charge in [0.05, 0.1) is 0 Å². The van der Waals surface area contributed by atoms with Crippen molar-refractivity contribution >= 4 is 5.97 Å². The lowest BCUT2D eigenvalue weighted by atomic mass is 10.7. The fourth-order valence-corrected chi connectivity index (χ4v) is 0.144. The van der Waals surface area contributed by atoms with E-state index in [0.29, 0.717) is 0 Å². The lowest BCUT2D eigenvalue weighted by Gasteiger charge is -1.85. The maximum atomic E-state index is 9.00. The van der Waals surface area contributed by atoms with Gasteiger partial charge >= 0.3 is 0 Å². The third-order valence-corrected chi connectivity index (χ3v) is 0.394. The summed E-state index contributed by atoms with van der Waals surface area (Å²) in [7, 11) is 1.88. The fraction of sp³-hybridized carbons (Fsp3) is 0.800. The average Bonchev–Trinajstić information content (AvgIpc) is 1.66. The molecule has 0 rings (SSSR count). The van der Waals surface area contributed by atoms with Gasteiger partial charge in [-0.1, -0.05) is 0 Å². The maximum Gasteiger partial charge on any atom is 0.300 e. The first-order valence-corrected chi connectivity index (χ1v) is 2.69. The molecule has 0 aromatic rings. The molecule has 4 nitrogen and oxygen atoms in total. The van der Waals surface area contributed by atoms with Crippen molar-refractivity contribution in [3.8, 4) is 0 Å². The zero-order valence-electron chi connectivity index (χ0n) is 5.85. The normalized spacial score (nSPS) is 7.44. The standard InChI is InChI=1S/C3H10N2.C2H4O2/c1-5-3-2-4;1-2(3)4/h5H,2-4H2,1H3;1H3,(H,3,4). The molecule has 0 aliphatic carbocycles. The molecule has 0 aliphatic rings. The van der Waals surface area contributed by atoms with Crippen molar-refractivity contribution in [1.29, 1.82) is 0 Å². The van der Waals surface area contributed by atoms with E-state index in [1.807, 2.05) is 7.05 Å². The number of carbonyl (C=O) groups is 1. The van der Waals surface area contributed by atoms with Crippen LogP contribution in [-0.4, -0.2) is 31.2 Å². The molecule has 0 spiro atoms. The van der Waals surface area contributed by atoms with E-state index in [4.69, 9.17) is 15.6 Å². The summed E-state index contributed by atoms with van der Waals surface area (Å²) in [6.45, 7) is 2.73. The number of rotatable bonds is 2. The maximum absolute atomic E-state index is 9.00. The van der Waals surface area contributed by atoms with E-state index >= 15 is 0 Å². The van der Waals surface area contributed by atoms with E-state index in [1.54, 1.807) is 0 Å². The number of hydrogen-bond acceptors (Lipinski definition) is 3. The Morgan fingerprint density at radius 2 is 2.11 bits per heavy atom. The molecular weight excluding hydrogens is 120 g/mol. The Balaban J connectivity index is 0. The molecule has 0 aromatic heterocycles. The zero-order chi connectivity index (χ0) is 7.70. The topological polar surface area (TPSA) is 75.3 Å². The number of carboxylic acids is 1. The molecule has 0 amide bonds. The van der Waals surface area contributed by atoms with Gasteiger partial charge in [0, 0.05) is 20.0 Å². The summed E-state index contributed by atoms with van der Waals surface area (Å²) >= 11 is 0. The fourth-order valence-electron chi connectivity index (χ4n) is 0.144. The minimum Gasteiger partial charge on any atom is -0.481 e. The molecule has 0 fully saturated rings. The number of carboxylic acid groups (broad SMARTS) is 1. The van der Waals surface area contributed by atoms with Crippen LogP contribution in [0.2, 0.25) is 0 Å². The number of hydrogen-bond donors (Lipinski definition) is 3. The molecule has 4 heteroatoms. The molecule has 0 aromatic carbocycles. The van der Waals surface area contributed by atoms with Crippen molar-refractivity contribution in [3.05, 3.63) is 0 Å². The van der Waals surface area contributed by atoms with Crippen molar-refractivity contribution in [1.82, 2.24) is 5.32 Å². The Morgan fingerprint density at radius 1 is 1.78 bits per heavy atom. The van der Waals surface area contributed by atoms with Gasteiger partial charge in [-0.15, -0.1) is 0 Å². The van der Waals surface area contributed by atoms with E-state index < -0.39 is 5.97 Å². The summed E-state index contributed by atoms with van der Waals surface area (Å²) in [4.78, 5) is 9.00. The van der Waals surface area contributed by atoms with Crippen LogP contribution < -0.4 is 11.1 Å². The second kappa shape index (κ2) is 10.4. The van der Waals surface area contributed by atoms with E-state index in [2.05, 4.69) is 5.32 Å². The third kappa shape index (κ3) is 111. The van der Waals surface area contributed by atoms with Crippen LogP contribution in [0.4, 0.5) is 0 Å². The lowest BCUT2D eigenvalue weighted by molar-refractivity contribution is -0.134. The molecule has 9 heavy (non-hydrogen) atoms. The quantitative estimate of drug-likeness (QED) is 0.464. The highest BCUT2D eigenvalue weighted by Crippen LogP contribution is 1.42. The zero-order valence-corrected chi connectivity index (χ0v) is 5.85. The summed E-state index contributed by atoms with van der Waals surface area (Å²) in [6.07, 6.45) is 0. The lowest BCUT2D eigenvalue weighted by Crippen LogP contribution is -2.17. The third-order valence-electron chi connectivity index (χ3n) is 0.394. The Morgan fingerprint density at radius 3 is 2.11 bits per heavy atom. The Kier molecular flexibility index (Phi) is 13.0. The highest BCUT2D eigenvalue weighted by molar-refractivity contribution is 5.62. The monoisotopic (exact) mass is 134 g/mol. The first-order valence-electron chi connectivity index (χ1n) is 2.69. The van der Waals surface area contributed by atoms with E-state index in [-0.39, 0.29) is 0 Å². The minimum atomic E-state index is -0.833.